The maximum atomic E-state index is 9.12. The van der Waals surface area contributed by atoms with Gasteiger partial charge in [-0.15, -0.1) is 0 Å². The number of rotatable bonds is 3. The summed E-state index contributed by atoms with van der Waals surface area (Å²) in [4.78, 5) is 4.98. The normalized spacial score (nSPS) is 21.3. The minimum absolute atomic E-state index is 0.00850. The number of halogens is 1. The second-order valence-electron chi connectivity index (χ2n) is 5.19. The van der Waals surface area contributed by atoms with E-state index in [2.05, 4.69) is 15.9 Å². The van der Waals surface area contributed by atoms with Gasteiger partial charge in [0, 0.05) is 42.9 Å². The summed E-state index contributed by atoms with van der Waals surface area (Å²) in [6, 6.07) is 6.82. The third-order valence-electron chi connectivity index (χ3n) is 3.95. The van der Waals surface area contributed by atoms with Crippen molar-refractivity contribution in [1.82, 2.24) is 4.90 Å². The molecule has 3 rings (SSSR count). The van der Waals surface area contributed by atoms with E-state index in [1.165, 1.54) is 18.5 Å². The summed E-state index contributed by atoms with van der Waals surface area (Å²) in [5.41, 5.74) is 1.98. The van der Waals surface area contributed by atoms with E-state index in [0.29, 0.717) is 5.02 Å². The Bertz CT molecular complexity index is 426. The SMILES string of the molecule is OCc1ccc(N2CCN(C3CC3)CC2)cc1Cl. The van der Waals surface area contributed by atoms with E-state index in [0.717, 1.165) is 37.8 Å². The van der Waals surface area contributed by atoms with Crippen LogP contribution >= 0.6 is 11.6 Å². The molecular formula is C14H19ClN2O. The van der Waals surface area contributed by atoms with Crippen LogP contribution in [0.4, 0.5) is 5.69 Å². The number of aliphatic hydroxyl groups excluding tert-OH is 1. The third kappa shape index (κ3) is 2.48. The van der Waals surface area contributed by atoms with Crippen LogP contribution in [0, 0.1) is 0 Å². The predicted molar refractivity (Wildman–Crippen MR) is 74.2 cm³/mol. The number of aliphatic hydroxyl groups is 1. The Morgan fingerprint density at radius 2 is 1.89 bits per heavy atom. The van der Waals surface area contributed by atoms with E-state index in [4.69, 9.17) is 16.7 Å². The Balaban J connectivity index is 1.66. The van der Waals surface area contributed by atoms with Crippen LogP contribution in [0.3, 0.4) is 0 Å². The summed E-state index contributed by atoms with van der Waals surface area (Å²) in [7, 11) is 0. The molecule has 1 saturated heterocycles. The molecule has 3 nitrogen and oxygen atoms in total. The first-order chi connectivity index (χ1) is 8.78. The average molecular weight is 267 g/mol. The highest BCUT2D eigenvalue weighted by molar-refractivity contribution is 6.31. The lowest BCUT2D eigenvalue weighted by atomic mass is 10.2. The fourth-order valence-electron chi connectivity index (χ4n) is 2.65. The fourth-order valence-corrected chi connectivity index (χ4v) is 2.88. The Kier molecular flexibility index (Phi) is 3.46. The van der Waals surface area contributed by atoms with Gasteiger partial charge in [0.05, 0.1) is 6.61 Å². The molecule has 0 spiro atoms. The molecule has 1 saturated carbocycles. The Morgan fingerprint density at radius 1 is 1.17 bits per heavy atom. The second kappa shape index (κ2) is 5.08. The zero-order valence-corrected chi connectivity index (χ0v) is 11.2. The van der Waals surface area contributed by atoms with Crippen LogP contribution < -0.4 is 4.90 Å². The van der Waals surface area contributed by atoms with Crippen LogP contribution in [-0.4, -0.2) is 42.2 Å². The van der Waals surface area contributed by atoms with Gasteiger partial charge in [-0.1, -0.05) is 17.7 Å². The van der Waals surface area contributed by atoms with Crippen LogP contribution in [0.15, 0.2) is 18.2 Å². The van der Waals surface area contributed by atoms with E-state index in [1.54, 1.807) is 0 Å². The molecule has 98 valence electrons. The van der Waals surface area contributed by atoms with Crippen LogP contribution in [0.1, 0.15) is 18.4 Å². The highest BCUT2D eigenvalue weighted by Gasteiger charge is 2.31. The molecule has 4 heteroatoms. The van der Waals surface area contributed by atoms with Gasteiger partial charge in [0.1, 0.15) is 0 Å². The van der Waals surface area contributed by atoms with Crippen molar-refractivity contribution in [2.24, 2.45) is 0 Å². The first kappa shape index (κ1) is 12.3. The minimum atomic E-state index is 0.00850. The summed E-state index contributed by atoms with van der Waals surface area (Å²) in [5.74, 6) is 0. The number of benzene rings is 1. The third-order valence-corrected chi connectivity index (χ3v) is 4.30. The molecule has 1 aromatic rings. The van der Waals surface area contributed by atoms with Crippen molar-refractivity contribution in [2.75, 3.05) is 31.1 Å². The molecule has 1 aromatic carbocycles. The molecule has 0 atom stereocenters. The molecule has 18 heavy (non-hydrogen) atoms. The number of nitrogens with zero attached hydrogens (tertiary/aromatic N) is 2. The van der Waals surface area contributed by atoms with Gasteiger partial charge in [-0.3, -0.25) is 4.90 Å². The van der Waals surface area contributed by atoms with Crippen molar-refractivity contribution in [3.63, 3.8) is 0 Å². The number of anilines is 1. The van der Waals surface area contributed by atoms with Crippen molar-refractivity contribution >= 4 is 17.3 Å². The van der Waals surface area contributed by atoms with Crippen molar-refractivity contribution in [2.45, 2.75) is 25.5 Å². The maximum Gasteiger partial charge on any atom is 0.0696 e. The van der Waals surface area contributed by atoms with Gasteiger partial charge in [-0.25, -0.2) is 0 Å². The van der Waals surface area contributed by atoms with Crippen molar-refractivity contribution in [3.05, 3.63) is 28.8 Å². The van der Waals surface area contributed by atoms with Gasteiger partial charge in [0.25, 0.3) is 0 Å². The summed E-state index contributed by atoms with van der Waals surface area (Å²) in [5, 5.41) is 9.78. The molecule has 1 heterocycles. The zero-order chi connectivity index (χ0) is 12.5. The topological polar surface area (TPSA) is 26.7 Å². The highest BCUT2D eigenvalue weighted by atomic mass is 35.5. The maximum absolute atomic E-state index is 9.12. The van der Waals surface area contributed by atoms with E-state index in [1.807, 2.05) is 12.1 Å². The molecule has 0 bridgehead atoms. The molecule has 1 N–H and O–H groups in total. The van der Waals surface area contributed by atoms with E-state index >= 15 is 0 Å². The van der Waals surface area contributed by atoms with Gasteiger partial charge < -0.3 is 10.0 Å². The second-order valence-corrected chi connectivity index (χ2v) is 5.60. The number of piperazine rings is 1. The van der Waals surface area contributed by atoms with Gasteiger partial charge >= 0.3 is 0 Å². The Hall–Kier alpha value is -0.770. The van der Waals surface area contributed by atoms with E-state index in [9.17, 15) is 0 Å². The molecule has 0 aromatic heterocycles. The largest absolute Gasteiger partial charge is 0.392 e. The van der Waals surface area contributed by atoms with Crippen LogP contribution in [0.5, 0.6) is 0 Å². The summed E-state index contributed by atoms with van der Waals surface area (Å²) in [6.07, 6.45) is 2.77. The highest BCUT2D eigenvalue weighted by Crippen LogP contribution is 2.29. The average Bonchev–Trinajstić information content (AvgIpc) is 3.23. The van der Waals surface area contributed by atoms with Crippen molar-refractivity contribution < 1.29 is 5.11 Å². The van der Waals surface area contributed by atoms with Gasteiger partial charge in [-0.2, -0.15) is 0 Å². The Labute approximate surface area is 113 Å². The first-order valence-corrected chi connectivity index (χ1v) is 7.04. The molecule has 2 aliphatic rings. The van der Waals surface area contributed by atoms with Gasteiger partial charge in [0.15, 0.2) is 0 Å². The summed E-state index contributed by atoms with van der Waals surface area (Å²) in [6.45, 7) is 4.47. The fraction of sp³-hybridized carbons (Fsp3) is 0.571. The predicted octanol–water partition coefficient (Wildman–Crippen LogP) is 2.12. The number of hydrogen-bond acceptors (Lipinski definition) is 3. The first-order valence-electron chi connectivity index (χ1n) is 6.66. The minimum Gasteiger partial charge on any atom is -0.392 e. The van der Waals surface area contributed by atoms with Gasteiger partial charge in [-0.05, 0) is 30.5 Å². The smallest absolute Gasteiger partial charge is 0.0696 e. The van der Waals surface area contributed by atoms with E-state index < -0.39 is 0 Å². The Morgan fingerprint density at radius 3 is 2.44 bits per heavy atom. The number of hydrogen-bond donors (Lipinski definition) is 1. The standard InChI is InChI=1S/C14H19ClN2O/c15-14-9-13(2-1-11(14)10-18)17-7-5-16(6-8-17)12-3-4-12/h1-2,9,12,18H,3-8,10H2. The monoisotopic (exact) mass is 266 g/mol. The van der Waals surface area contributed by atoms with Crippen molar-refractivity contribution in [1.29, 1.82) is 0 Å². The van der Waals surface area contributed by atoms with E-state index in [-0.39, 0.29) is 6.61 Å². The van der Waals surface area contributed by atoms with Crippen molar-refractivity contribution in [3.8, 4) is 0 Å². The lowest BCUT2D eigenvalue weighted by Crippen LogP contribution is -2.47. The molecule has 1 aliphatic heterocycles. The van der Waals surface area contributed by atoms with Gasteiger partial charge in [0.2, 0.25) is 0 Å². The molecule has 1 aliphatic carbocycles. The summed E-state index contributed by atoms with van der Waals surface area (Å²) >= 11 is 6.14. The summed E-state index contributed by atoms with van der Waals surface area (Å²) < 4.78 is 0. The molecule has 0 unspecified atom stereocenters. The molecular weight excluding hydrogens is 248 g/mol. The zero-order valence-electron chi connectivity index (χ0n) is 10.5. The molecule has 0 radical (unpaired) electrons. The lowest BCUT2D eigenvalue weighted by molar-refractivity contribution is 0.248. The quantitative estimate of drug-likeness (QED) is 0.908. The molecule has 2 fully saturated rings. The molecule has 0 amide bonds. The lowest BCUT2D eigenvalue weighted by Gasteiger charge is -2.36. The van der Waals surface area contributed by atoms with Crippen LogP contribution in [-0.2, 0) is 6.61 Å². The van der Waals surface area contributed by atoms with Crippen LogP contribution in [0.2, 0.25) is 5.02 Å². The van der Waals surface area contributed by atoms with Crippen LogP contribution in [0.25, 0.3) is 0 Å².